The predicted molar refractivity (Wildman–Crippen MR) is 75.2 cm³/mol. The van der Waals surface area contributed by atoms with Gasteiger partial charge in [0.1, 0.15) is 5.82 Å². The third-order valence-corrected chi connectivity index (χ3v) is 3.77. The molecule has 8 nitrogen and oxygen atoms in total. The zero-order valence-corrected chi connectivity index (χ0v) is 13.2. The smallest absolute Gasteiger partial charge is 0.543 e. The summed E-state index contributed by atoms with van der Waals surface area (Å²) in [6.45, 7) is 2.50. The molecule has 0 unspecified atom stereocenters. The van der Waals surface area contributed by atoms with E-state index in [0.29, 0.717) is 11.3 Å². The molecule has 1 aliphatic rings. The van der Waals surface area contributed by atoms with E-state index in [0.717, 1.165) is 31.6 Å². The summed E-state index contributed by atoms with van der Waals surface area (Å²) in [7, 11) is 0. The summed E-state index contributed by atoms with van der Waals surface area (Å²) in [6, 6.07) is 0. The van der Waals surface area contributed by atoms with Crippen LogP contribution in [0.3, 0.4) is 0 Å². The Labute approximate surface area is 144 Å². The van der Waals surface area contributed by atoms with Crippen molar-refractivity contribution in [2.45, 2.75) is 39.2 Å². The molecule has 0 spiro atoms. The monoisotopic (exact) mass is 309 g/mol. The van der Waals surface area contributed by atoms with E-state index in [1.807, 2.05) is 6.20 Å². The van der Waals surface area contributed by atoms with E-state index < -0.39 is 5.97 Å². The second-order valence-corrected chi connectivity index (χ2v) is 5.38. The van der Waals surface area contributed by atoms with Crippen molar-refractivity contribution in [3.8, 4) is 0 Å². The molecule has 2 N–H and O–H groups in total. The quantitative estimate of drug-likeness (QED) is 0.577. The maximum absolute atomic E-state index is 12.0. The molecule has 2 aromatic rings. The van der Waals surface area contributed by atoms with Crippen molar-refractivity contribution >= 4 is 17.7 Å². The number of carboxylic acids is 1. The van der Waals surface area contributed by atoms with Crippen LogP contribution in [0, 0.1) is 6.92 Å². The fourth-order valence-electron chi connectivity index (χ4n) is 2.62. The van der Waals surface area contributed by atoms with Gasteiger partial charge in [0.15, 0.2) is 5.82 Å². The van der Waals surface area contributed by atoms with Crippen molar-refractivity contribution in [3.63, 3.8) is 0 Å². The molecule has 0 bridgehead atoms. The topological polar surface area (TPSA) is 116 Å². The first-order chi connectivity index (χ1) is 10.5. The van der Waals surface area contributed by atoms with Gasteiger partial charge in [-0.05, 0) is 19.8 Å². The summed E-state index contributed by atoms with van der Waals surface area (Å²) < 4.78 is 2.08. The van der Waals surface area contributed by atoms with Crippen molar-refractivity contribution in [1.82, 2.24) is 19.7 Å². The summed E-state index contributed by atoms with van der Waals surface area (Å²) in [5.74, 6) is -0.417. The molecule has 3 rings (SSSR count). The number of rotatable bonds is 4. The van der Waals surface area contributed by atoms with Gasteiger partial charge in [0.05, 0.1) is 23.8 Å². The first-order valence-electron chi connectivity index (χ1n) is 7.15. The van der Waals surface area contributed by atoms with Crippen molar-refractivity contribution in [3.05, 3.63) is 29.0 Å². The van der Waals surface area contributed by atoms with Crippen LogP contribution in [-0.2, 0) is 24.2 Å². The van der Waals surface area contributed by atoms with Gasteiger partial charge in [0, 0.05) is 24.7 Å². The van der Waals surface area contributed by atoms with E-state index in [2.05, 4.69) is 25.1 Å². The van der Waals surface area contributed by atoms with Crippen LogP contribution in [0.5, 0.6) is 0 Å². The number of aromatic amines is 1. The summed E-state index contributed by atoms with van der Waals surface area (Å²) in [5, 5.41) is 19.5. The molecule has 0 saturated heterocycles. The number of aromatic carboxylic acids is 1. The number of nitrogens with one attached hydrogen (secondary N) is 2. The molecule has 116 valence electrons. The normalized spacial score (nSPS) is 13.1. The van der Waals surface area contributed by atoms with Crippen LogP contribution >= 0.6 is 0 Å². The Bertz CT molecular complexity index is 713. The molecule has 1 aliphatic heterocycles. The minimum absolute atomic E-state index is 0. The largest absolute Gasteiger partial charge is 1.00 e. The summed E-state index contributed by atoms with van der Waals surface area (Å²) in [5.41, 5.74) is 0.924. The third kappa shape index (κ3) is 3.66. The Balaban J connectivity index is 0.00000192. The Hall–Kier alpha value is -2.04. The molecule has 0 radical (unpaired) electrons. The number of amides is 1. The maximum atomic E-state index is 12.0. The van der Waals surface area contributed by atoms with Gasteiger partial charge in [-0.2, -0.15) is 5.10 Å². The summed E-state index contributed by atoms with van der Waals surface area (Å²) in [6.07, 6.45) is 5.23. The van der Waals surface area contributed by atoms with Crippen molar-refractivity contribution in [2.75, 3.05) is 5.32 Å². The molecule has 9 heteroatoms. The van der Waals surface area contributed by atoms with E-state index in [1.54, 1.807) is 6.92 Å². The second kappa shape index (κ2) is 7.02. The van der Waals surface area contributed by atoms with E-state index in [4.69, 9.17) is 0 Å². The van der Waals surface area contributed by atoms with Crippen LogP contribution in [-0.4, -0.2) is 31.6 Å². The van der Waals surface area contributed by atoms with Crippen LogP contribution in [0.2, 0.25) is 0 Å². The van der Waals surface area contributed by atoms with Gasteiger partial charge in [0.25, 0.3) is 0 Å². The maximum Gasteiger partial charge on any atom is 1.00 e. The SMILES string of the molecule is Cc1c(NC(=O)Cc2cn3c(n2)CCCC3)n[nH]c1C(=O)[O-].[Li+]. The number of fused-ring (bicyclic) bond motifs is 1. The number of aromatic nitrogens is 4. The molecule has 2 aromatic heterocycles. The number of aryl methyl sites for hydroxylation is 2. The van der Waals surface area contributed by atoms with Crippen molar-refractivity contribution in [2.24, 2.45) is 0 Å². The molecule has 23 heavy (non-hydrogen) atoms. The fourth-order valence-corrected chi connectivity index (χ4v) is 2.62. The first-order valence-corrected chi connectivity index (χ1v) is 7.15. The predicted octanol–water partition coefficient (Wildman–Crippen LogP) is -3.20. The van der Waals surface area contributed by atoms with Crippen LogP contribution < -0.4 is 29.3 Å². The van der Waals surface area contributed by atoms with Gasteiger partial charge < -0.3 is 19.8 Å². The second-order valence-electron chi connectivity index (χ2n) is 5.38. The zero-order valence-electron chi connectivity index (χ0n) is 13.2. The molecule has 3 heterocycles. The fraction of sp³-hybridized carbons (Fsp3) is 0.429. The van der Waals surface area contributed by atoms with Gasteiger partial charge in [-0.15, -0.1) is 0 Å². The standard InChI is InChI=1S/C14H17N5O3.Li/c1-8-12(14(21)22)17-18-13(8)16-11(20)6-9-7-19-5-3-2-4-10(19)15-9;/h7H,2-6H2,1H3,(H,21,22)(H2,16,17,18,20);/q;+1/p-1. The molecule has 0 aliphatic carbocycles. The third-order valence-electron chi connectivity index (χ3n) is 3.77. The molecule has 0 aromatic carbocycles. The van der Waals surface area contributed by atoms with E-state index in [1.165, 1.54) is 0 Å². The molecule has 0 saturated carbocycles. The average molecular weight is 309 g/mol. The Morgan fingerprint density at radius 1 is 1.43 bits per heavy atom. The number of anilines is 1. The van der Waals surface area contributed by atoms with Gasteiger partial charge in [0.2, 0.25) is 5.91 Å². The molecule has 1 amide bonds. The Morgan fingerprint density at radius 3 is 2.87 bits per heavy atom. The van der Waals surface area contributed by atoms with Gasteiger partial charge >= 0.3 is 18.9 Å². The number of hydrogen-bond acceptors (Lipinski definition) is 5. The van der Waals surface area contributed by atoms with Gasteiger partial charge in [-0.1, -0.05) is 0 Å². The van der Waals surface area contributed by atoms with Crippen LogP contribution in [0.15, 0.2) is 6.20 Å². The number of hydrogen-bond donors (Lipinski definition) is 2. The van der Waals surface area contributed by atoms with Gasteiger partial charge in [-0.25, -0.2) is 4.98 Å². The molecule has 0 fully saturated rings. The first kappa shape index (κ1) is 17.3. The van der Waals surface area contributed by atoms with Crippen LogP contribution in [0.4, 0.5) is 5.82 Å². The number of carbonyl (C=O) groups excluding carboxylic acids is 2. The van der Waals surface area contributed by atoms with E-state index in [9.17, 15) is 14.7 Å². The summed E-state index contributed by atoms with van der Waals surface area (Å²) in [4.78, 5) is 27.3. The van der Waals surface area contributed by atoms with E-state index in [-0.39, 0.29) is 42.7 Å². The Kier molecular flexibility index (Phi) is 5.29. The number of H-pyrrole nitrogens is 1. The average Bonchev–Trinajstić information content (AvgIpc) is 3.02. The molecular weight excluding hydrogens is 293 g/mol. The number of imidazole rings is 1. The minimum atomic E-state index is -1.35. The van der Waals surface area contributed by atoms with E-state index >= 15 is 0 Å². The van der Waals surface area contributed by atoms with Crippen molar-refractivity contribution in [1.29, 1.82) is 0 Å². The Morgan fingerprint density at radius 2 is 2.22 bits per heavy atom. The number of carboxylic acid groups (broad SMARTS) is 1. The van der Waals surface area contributed by atoms with Crippen molar-refractivity contribution < 1.29 is 33.6 Å². The minimum Gasteiger partial charge on any atom is -0.543 e. The number of carbonyl (C=O) groups is 2. The zero-order chi connectivity index (χ0) is 15.7. The van der Waals surface area contributed by atoms with Crippen LogP contribution in [0.1, 0.15) is 40.4 Å². The molecule has 0 atom stereocenters. The molecular formula is C14H16LiN5O3. The number of nitrogens with zero attached hydrogens (tertiary/aromatic N) is 3. The summed E-state index contributed by atoms with van der Waals surface area (Å²) >= 11 is 0. The van der Waals surface area contributed by atoms with Crippen LogP contribution in [0.25, 0.3) is 0 Å². The van der Waals surface area contributed by atoms with Gasteiger partial charge in [-0.3, -0.25) is 9.89 Å².